The van der Waals surface area contributed by atoms with Crippen molar-refractivity contribution in [3.8, 4) is 5.75 Å². The average molecular weight is 306 g/mol. The van der Waals surface area contributed by atoms with Crippen LogP contribution in [0.5, 0.6) is 5.75 Å². The number of rotatable bonds is 5. The number of carbonyl (C=O) groups is 1. The monoisotopic (exact) mass is 305 g/mol. The van der Waals surface area contributed by atoms with Crippen LogP contribution < -0.4 is 10.1 Å². The van der Waals surface area contributed by atoms with Crippen molar-refractivity contribution in [2.24, 2.45) is 0 Å². The molecule has 1 heterocycles. The Labute approximate surface area is 128 Å². The molecule has 0 fully saturated rings. The van der Waals surface area contributed by atoms with E-state index in [4.69, 9.17) is 16.3 Å². The van der Waals surface area contributed by atoms with Gasteiger partial charge in [-0.15, -0.1) is 0 Å². The highest BCUT2D eigenvalue weighted by Crippen LogP contribution is 2.27. The highest BCUT2D eigenvalue weighted by atomic mass is 35.5. The SMILES string of the molecule is COc1cc(C)c(CCNC(=O)c2cnccn2)cc1Cl. The number of hydrogen-bond donors (Lipinski definition) is 1. The van der Waals surface area contributed by atoms with Crippen LogP contribution in [0.4, 0.5) is 0 Å². The minimum atomic E-state index is -0.236. The third kappa shape index (κ3) is 3.92. The molecule has 2 aromatic rings. The smallest absolute Gasteiger partial charge is 0.271 e. The summed E-state index contributed by atoms with van der Waals surface area (Å²) in [7, 11) is 1.58. The maximum absolute atomic E-state index is 11.8. The number of amides is 1. The first-order valence-electron chi connectivity index (χ1n) is 6.49. The van der Waals surface area contributed by atoms with Crippen LogP contribution in [-0.4, -0.2) is 29.5 Å². The number of nitrogens with one attached hydrogen (secondary N) is 1. The molecule has 1 aromatic heterocycles. The quantitative estimate of drug-likeness (QED) is 0.921. The first-order chi connectivity index (χ1) is 10.1. The van der Waals surface area contributed by atoms with Gasteiger partial charge in [0.15, 0.2) is 0 Å². The first-order valence-corrected chi connectivity index (χ1v) is 6.87. The van der Waals surface area contributed by atoms with Gasteiger partial charge in [-0.2, -0.15) is 0 Å². The van der Waals surface area contributed by atoms with Gasteiger partial charge in [0, 0.05) is 18.9 Å². The van der Waals surface area contributed by atoms with Gasteiger partial charge in [-0.05, 0) is 36.6 Å². The van der Waals surface area contributed by atoms with Gasteiger partial charge in [-0.1, -0.05) is 11.6 Å². The molecule has 1 amide bonds. The molecule has 0 spiro atoms. The Morgan fingerprint density at radius 2 is 2.19 bits per heavy atom. The summed E-state index contributed by atoms with van der Waals surface area (Å²) in [6.45, 7) is 2.48. The second-order valence-electron chi connectivity index (χ2n) is 4.51. The van der Waals surface area contributed by atoms with Crippen molar-refractivity contribution in [1.82, 2.24) is 15.3 Å². The molecule has 1 aromatic carbocycles. The third-order valence-electron chi connectivity index (χ3n) is 3.09. The second kappa shape index (κ2) is 7.04. The fourth-order valence-corrected chi connectivity index (χ4v) is 2.20. The molecule has 6 heteroatoms. The largest absolute Gasteiger partial charge is 0.495 e. The number of benzene rings is 1. The standard InChI is InChI=1S/C15H16ClN3O2/c1-10-7-14(21-2)12(16)8-11(10)3-4-19-15(20)13-9-17-5-6-18-13/h5-9H,3-4H2,1-2H3,(H,19,20). The zero-order chi connectivity index (χ0) is 15.2. The lowest BCUT2D eigenvalue weighted by Crippen LogP contribution is -2.26. The third-order valence-corrected chi connectivity index (χ3v) is 3.38. The van der Waals surface area contributed by atoms with Crippen molar-refractivity contribution in [2.75, 3.05) is 13.7 Å². The zero-order valence-electron chi connectivity index (χ0n) is 11.9. The van der Waals surface area contributed by atoms with Gasteiger partial charge in [-0.25, -0.2) is 4.98 Å². The van der Waals surface area contributed by atoms with Gasteiger partial charge in [-0.3, -0.25) is 9.78 Å². The number of halogens is 1. The molecule has 0 aliphatic carbocycles. The number of ether oxygens (including phenoxy) is 1. The van der Waals surface area contributed by atoms with Crippen molar-refractivity contribution in [1.29, 1.82) is 0 Å². The van der Waals surface area contributed by atoms with Gasteiger partial charge < -0.3 is 10.1 Å². The fraction of sp³-hybridized carbons (Fsp3) is 0.267. The minimum absolute atomic E-state index is 0.236. The molecule has 0 aliphatic rings. The van der Waals surface area contributed by atoms with Crippen molar-refractivity contribution < 1.29 is 9.53 Å². The lowest BCUT2D eigenvalue weighted by Gasteiger charge is -2.10. The van der Waals surface area contributed by atoms with E-state index >= 15 is 0 Å². The number of methoxy groups -OCH3 is 1. The van der Waals surface area contributed by atoms with Crippen LogP contribution in [0.1, 0.15) is 21.6 Å². The molecule has 0 saturated heterocycles. The molecular formula is C15H16ClN3O2. The fourth-order valence-electron chi connectivity index (χ4n) is 1.94. The topological polar surface area (TPSA) is 64.1 Å². The summed E-state index contributed by atoms with van der Waals surface area (Å²) in [6.07, 6.45) is 5.13. The molecule has 1 N–H and O–H groups in total. The molecule has 110 valence electrons. The minimum Gasteiger partial charge on any atom is -0.495 e. The Bertz CT molecular complexity index is 632. The summed E-state index contributed by atoms with van der Waals surface area (Å²) in [4.78, 5) is 19.6. The van der Waals surface area contributed by atoms with Crippen LogP contribution >= 0.6 is 11.6 Å². The van der Waals surface area contributed by atoms with E-state index in [2.05, 4.69) is 15.3 Å². The Morgan fingerprint density at radius 3 is 2.86 bits per heavy atom. The summed E-state index contributed by atoms with van der Waals surface area (Å²) >= 11 is 6.11. The molecular weight excluding hydrogens is 290 g/mol. The van der Waals surface area contributed by atoms with Crippen LogP contribution in [0.15, 0.2) is 30.7 Å². The number of carbonyl (C=O) groups excluding carboxylic acids is 1. The predicted octanol–water partition coefficient (Wildman–Crippen LogP) is 2.42. The summed E-state index contributed by atoms with van der Waals surface area (Å²) in [5.74, 6) is 0.418. The Balaban J connectivity index is 1.95. The Morgan fingerprint density at radius 1 is 1.38 bits per heavy atom. The van der Waals surface area contributed by atoms with Gasteiger partial charge in [0.05, 0.1) is 18.3 Å². The zero-order valence-corrected chi connectivity index (χ0v) is 12.6. The van der Waals surface area contributed by atoms with E-state index in [1.165, 1.54) is 18.6 Å². The summed E-state index contributed by atoms with van der Waals surface area (Å²) in [5, 5.41) is 3.37. The summed E-state index contributed by atoms with van der Waals surface area (Å²) in [5.41, 5.74) is 2.45. The van der Waals surface area contributed by atoms with Crippen LogP contribution in [0, 0.1) is 6.92 Å². The molecule has 0 saturated carbocycles. The molecule has 2 rings (SSSR count). The molecule has 0 atom stereocenters. The average Bonchev–Trinajstić information content (AvgIpc) is 2.51. The maximum Gasteiger partial charge on any atom is 0.271 e. The highest BCUT2D eigenvalue weighted by molar-refractivity contribution is 6.32. The molecule has 0 unspecified atom stereocenters. The molecule has 0 radical (unpaired) electrons. The van der Waals surface area contributed by atoms with Crippen molar-refractivity contribution in [3.05, 3.63) is 52.6 Å². The van der Waals surface area contributed by atoms with Crippen molar-refractivity contribution in [3.63, 3.8) is 0 Å². The molecule has 0 aliphatic heterocycles. The van der Waals surface area contributed by atoms with Gasteiger partial charge in [0.2, 0.25) is 0 Å². The lowest BCUT2D eigenvalue weighted by molar-refractivity contribution is 0.0948. The summed E-state index contributed by atoms with van der Waals surface area (Å²) in [6, 6.07) is 3.76. The van der Waals surface area contributed by atoms with E-state index in [-0.39, 0.29) is 5.91 Å². The van der Waals surface area contributed by atoms with E-state index in [0.29, 0.717) is 29.4 Å². The predicted molar refractivity (Wildman–Crippen MR) is 80.8 cm³/mol. The van der Waals surface area contributed by atoms with Gasteiger partial charge >= 0.3 is 0 Å². The second-order valence-corrected chi connectivity index (χ2v) is 4.92. The van der Waals surface area contributed by atoms with E-state index < -0.39 is 0 Å². The first kappa shape index (κ1) is 15.3. The van der Waals surface area contributed by atoms with Crippen LogP contribution in [0.2, 0.25) is 5.02 Å². The Kier molecular flexibility index (Phi) is 5.11. The van der Waals surface area contributed by atoms with Crippen molar-refractivity contribution >= 4 is 17.5 Å². The van der Waals surface area contributed by atoms with Crippen LogP contribution in [0.3, 0.4) is 0 Å². The lowest BCUT2D eigenvalue weighted by atomic mass is 10.1. The number of aromatic nitrogens is 2. The molecule has 21 heavy (non-hydrogen) atoms. The van der Waals surface area contributed by atoms with Gasteiger partial charge in [0.25, 0.3) is 5.91 Å². The van der Waals surface area contributed by atoms with Gasteiger partial charge in [0.1, 0.15) is 11.4 Å². The van der Waals surface area contributed by atoms with E-state index in [1.807, 2.05) is 19.1 Å². The van der Waals surface area contributed by atoms with Crippen LogP contribution in [-0.2, 0) is 6.42 Å². The highest BCUT2D eigenvalue weighted by Gasteiger charge is 2.09. The number of aryl methyl sites for hydroxylation is 1. The molecule has 5 nitrogen and oxygen atoms in total. The summed E-state index contributed by atoms with van der Waals surface area (Å²) < 4.78 is 5.16. The van der Waals surface area contributed by atoms with E-state index in [9.17, 15) is 4.79 Å². The van der Waals surface area contributed by atoms with Crippen molar-refractivity contribution in [2.45, 2.75) is 13.3 Å². The Hall–Kier alpha value is -2.14. The number of hydrogen-bond acceptors (Lipinski definition) is 4. The van der Waals surface area contributed by atoms with E-state index in [0.717, 1.165) is 11.1 Å². The van der Waals surface area contributed by atoms with Crippen LogP contribution in [0.25, 0.3) is 0 Å². The normalized spacial score (nSPS) is 10.2. The van der Waals surface area contributed by atoms with E-state index in [1.54, 1.807) is 7.11 Å². The molecule has 0 bridgehead atoms. The number of nitrogens with zero attached hydrogens (tertiary/aromatic N) is 2. The maximum atomic E-state index is 11.8.